The van der Waals surface area contributed by atoms with Gasteiger partial charge in [-0.3, -0.25) is 0 Å². The Balaban J connectivity index is 2.16. The van der Waals surface area contributed by atoms with Crippen molar-refractivity contribution in [3.63, 3.8) is 0 Å². The number of nitrogens with one attached hydrogen (secondary N) is 1. The lowest BCUT2D eigenvalue weighted by molar-refractivity contribution is 0.613. The molecule has 0 atom stereocenters. The van der Waals surface area contributed by atoms with Gasteiger partial charge in [0.25, 0.3) is 0 Å². The molecular weight excluding hydrogens is 239 g/mol. The maximum atomic E-state index is 13.4. The third kappa shape index (κ3) is 2.68. The Hall–Kier alpha value is -1.74. The SMILES string of the molecule is Nc1cccc(Cl)c1NCc1ccccc1F. The van der Waals surface area contributed by atoms with E-state index in [9.17, 15) is 4.39 Å². The summed E-state index contributed by atoms with van der Waals surface area (Å²) in [4.78, 5) is 0. The zero-order valence-corrected chi connectivity index (χ0v) is 9.84. The maximum absolute atomic E-state index is 13.4. The topological polar surface area (TPSA) is 38.0 Å². The van der Waals surface area contributed by atoms with Gasteiger partial charge in [0.2, 0.25) is 0 Å². The predicted molar refractivity (Wildman–Crippen MR) is 69.6 cm³/mol. The molecule has 2 aromatic rings. The van der Waals surface area contributed by atoms with E-state index in [1.807, 2.05) is 0 Å². The van der Waals surface area contributed by atoms with Crippen LogP contribution in [0.5, 0.6) is 0 Å². The molecule has 0 aliphatic heterocycles. The van der Waals surface area contributed by atoms with Gasteiger partial charge in [-0.1, -0.05) is 35.9 Å². The molecule has 3 N–H and O–H groups in total. The van der Waals surface area contributed by atoms with E-state index in [0.717, 1.165) is 0 Å². The molecule has 0 saturated heterocycles. The van der Waals surface area contributed by atoms with Gasteiger partial charge in [-0.25, -0.2) is 4.39 Å². The van der Waals surface area contributed by atoms with Gasteiger partial charge in [0.15, 0.2) is 0 Å². The van der Waals surface area contributed by atoms with Gasteiger partial charge in [-0.05, 0) is 18.2 Å². The summed E-state index contributed by atoms with van der Waals surface area (Å²) in [6.45, 7) is 0.348. The van der Waals surface area contributed by atoms with Crippen LogP contribution in [-0.2, 0) is 6.54 Å². The zero-order valence-electron chi connectivity index (χ0n) is 9.08. The van der Waals surface area contributed by atoms with E-state index in [4.69, 9.17) is 17.3 Å². The average Bonchev–Trinajstić information content (AvgIpc) is 2.30. The summed E-state index contributed by atoms with van der Waals surface area (Å²) in [7, 11) is 0. The molecular formula is C13H12ClFN2. The molecule has 2 nitrogen and oxygen atoms in total. The number of anilines is 2. The van der Waals surface area contributed by atoms with Gasteiger partial charge in [-0.15, -0.1) is 0 Å². The molecule has 88 valence electrons. The largest absolute Gasteiger partial charge is 0.397 e. The lowest BCUT2D eigenvalue weighted by Crippen LogP contribution is -2.04. The van der Waals surface area contributed by atoms with Crippen molar-refractivity contribution >= 4 is 23.0 Å². The molecule has 2 aromatic carbocycles. The van der Waals surface area contributed by atoms with Crippen molar-refractivity contribution in [3.8, 4) is 0 Å². The van der Waals surface area contributed by atoms with Crippen LogP contribution in [0.3, 0.4) is 0 Å². The van der Waals surface area contributed by atoms with E-state index in [2.05, 4.69) is 5.32 Å². The molecule has 0 spiro atoms. The smallest absolute Gasteiger partial charge is 0.128 e. The number of para-hydroxylation sites is 1. The fraction of sp³-hybridized carbons (Fsp3) is 0.0769. The first-order valence-corrected chi connectivity index (χ1v) is 5.57. The highest BCUT2D eigenvalue weighted by atomic mass is 35.5. The van der Waals surface area contributed by atoms with Crippen molar-refractivity contribution in [2.75, 3.05) is 11.1 Å². The molecule has 0 bridgehead atoms. The summed E-state index contributed by atoms with van der Waals surface area (Å²) in [6.07, 6.45) is 0. The monoisotopic (exact) mass is 250 g/mol. The minimum Gasteiger partial charge on any atom is -0.397 e. The molecule has 17 heavy (non-hydrogen) atoms. The van der Waals surface area contributed by atoms with Crippen molar-refractivity contribution in [1.29, 1.82) is 0 Å². The Bertz CT molecular complexity index is 508. The molecule has 0 saturated carbocycles. The summed E-state index contributed by atoms with van der Waals surface area (Å²) in [6, 6.07) is 11.8. The highest BCUT2D eigenvalue weighted by Crippen LogP contribution is 2.28. The van der Waals surface area contributed by atoms with Crippen LogP contribution in [0.25, 0.3) is 0 Å². The Kier molecular flexibility index (Phi) is 3.49. The van der Waals surface area contributed by atoms with Crippen LogP contribution in [0.1, 0.15) is 5.56 Å². The van der Waals surface area contributed by atoms with Crippen LogP contribution in [0, 0.1) is 5.82 Å². The lowest BCUT2D eigenvalue weighted by Gasteiger charge is -2.11. The Morgan fingerprint density at radius 1 is 1.12 bits per heavy atom. The standard InChI is InChI=1S/C13H12ClFN2/c14-10-5-3-7-12(16)13(10)17-8-9-4-1-2-6-11(9)15/h1-7,17H,8,16H2. The Morgan fingerprint density at radius 2 is 1.88 bits per heavy atom. The van der Waals surface area contributed by atoms with Gasteiger partial charge in [-0.2, -0.15) is 0 Å². The molecule has 2 rings (SSSR count). The van der Waals surface area contributed by atoms with Crippen LogP contribution < -0.4 is 11.1 Å². The molecule has 0 unspecified atom stereocenters. The molecule has 0 radical (unpaired) electrons. The summed E-state index contributed by atoms with van der Waals surface area (Å²) >= 11 is 6.00. The molecule has 0 aromatic heterocycles. The second-order valence-electron chi connectivity index (χ2n) is 3.65. The third-order valence-electron chi connectivity index (χ3n) is 2.46. The van der Waals surface area contributed by atoms with E-state index in [1.165, 1.54) is 6.07 Å². The number of benzene rings is 2. The third-order valence-corrected chi connectivity index (χ3v) is 2.77. The summed E-state index contributed by atoms with van der Waals surface area (Å²) in [5, 5.41) is 3.57. The van der Waals surface area contributed by atoms with Crippen molar-refractivity contribution in [2.24, 2.45) is 0 Å². The van der Waals surface area contributed by atoms with Gasteiger partial charge in [0.1, 0.15) is 5.82 Å². The molecule has 0 fully saturated rings. The molecule has 0 aliphatic rings. The van der Waals surface area contributed by atoms with Crippen LogP contribution in [0.2, 0.25) is 5.02 Å². The number of rotatable bonds is 3. The molecule has 4 heteroatoms. The van der Waals surface area contributed by atoms with E-state index in [-0.39, 0.29) is 5.82 Å². The first kappa shape index (κ1) is 11.7. The van der Waals surface area contributed by atoms with Gasteiger partial charge in [0, 0.05) is 12.1 Å². The van der Waals surface area contributed by atoms with E-state index < -0.39 is 0 Å². The highest BCUT2D eigenvalue weighted by molar-refractivity contribution is 6.33. The fourth-order valence-corrected chi connectivity index (χ4v) is 1.80. The number of nitrogens with two attached hydrogens (primary N) is 1. The summed E-state index contributed by atoms with van der Waals surface area (Å²) < 4.78 is 13.4. The van der Waals surface area contributed by atoms with Gasteiger partial charge < -0.3 is 11.1 Å². The number of hydrogen-bond donors (Lipinski definition) is 2. The van der Waals surface area contributed by atoms with Crippen LogP contribution >= 0.6 is 11.6 Å². The predicted octanol–water partition coefficient (Wildman–Crippen LogP) is 3.67. The quantitative estimate of drug-likeness (QED) is 0.816. The highest BCUT2D eigenvalue weighted by Gasteiger charge is 2.05. The minimum atomic E-state index is -0.245. The Morgan fingerprint density at radius 3 is 2.59 bits per heavy atom. The second-order valence-corrected chi connectivity index (χ2v) is 4.06. The van der Waals surface area contributed by atoms with Gasteiger partial charge >= 0.3 is 0 Å². The van der Waals surface area contributed by atoms with Crippen LogP contribution in [-0.4, -0.2) is 0 Å². The second kappa shape index (κ2) is 5.06. The number of halogens is 2. The van der Waals surface area contributed by atoms with Crippen molar-refractivity contribution in [1.82, 2.24) is 0 Å². The number of nitrogen functional groups attached to an aromatic ring is 1. The first-order chi connectivity index (χ1) is 8.18. The molecule has 0 heterocycles. The van der Waals surface area contributed by atoms with Gasteiger partial charge in [0.05, 0.1) is 16.4 Å². The molecule has 0 amide bonds. The Labute approximate surface area is 104 Å². The maximum Gasteiger partial charge on any atom is 0.128 e. The lowest BCUT2D eigenvalue weighted by atomic mass is 10.2. The van der Waals surface area contributed by atoms with E-state index >= 15 is 0 Å². The normalized spacial score (nSPS) is 10.2. The molecule has 0 aliphatic carbocycles. The number of hydrogen-bond acceptors (Lipinski definition) is 2. The fourth-order valence-electron chi connectivity index (χ4n) is 1.55. The van der Waals surface area contributed by atoms with Crippen molar-refractivity contribution in [2.45, 2.75) is 6.54 Å². The van der Waals surface area contributed by atoms with Crippen molar-refractivity contribution in [3.05, 3.63) is 58.9 Å². The summed E-state index contributed by atoms with van der Waals surface area (Å²) in [5.41, 5.74) is 7.55. The van der Waals surface area contributed by atoms with E-state index in [0.29, 0.717) is 28.5 Å². The average molecular weight is 251 g/mol. The summed E-state index contributed by atoms with van der Waals surface area (Å²) in [5.74, 6) is -0.245. The van der Waals surface area contributed by atoms with Crippen molar-refractivity contribution < 1.29 is 4.39 Å². The minimum absolute atomic E-state index is 0.245. The van der Waals surface area contributed by atoms with Crippen LogP contribution in [0.15, 0.2) is 42.5 Å². The first-order valence-electron chi connectivity index (χ1n) is 5.20. The van der Waals surface area contributed by atoms with E-state index in [1.54, 1.807) is 36.4 Å². The van der Waals surface area contributed by atoms with Crippen LogP contribution in [0.4, 0.5) is 15.8 Å². The zero-order chi connectivity index (χ0) is 12.3.